The zero-order chi connectivity index (χ0) is 9.10. The van der Waals surface area contributed by atoms with Crippen LogP contribution in [0.25, 0.3) is 0 Å². The second-order valence-electron chi connectivity index (χ2n) is 2.81. The fourth-order valence-electron chi connectivity index (χ4n) is 1.37. The number of benzene rings is 1. The van der Waals surface area contributed by atoms with Gasteiger partial charge >= 0.3 is 0 Å². The number of methoxy groups -OCH3 is 1. The van der Waals surface area contributed by atoms with Crippen molar-refractivity contribution < 1.29 is 4.74 Å². The van der Waals surface area contributed by atoms with Crippen molar-refractivity contribution in [3.05, 3.63) is 36.5 Å². The zero-order valence-corrected chi connectivity index (χ0v) is 7.53. The summed E-state index contributed by atoms with van der Waals surface area (Å²) in [6, 6.07) is 7.94. The summed E-state index contributed by atoms with van der Waals surface area (Å²) in [5.74, 6) is 0.888. The monoisotopic (exact) mass is 176 g/mol. The van der Waals surface area contributed by atoms with Gasteiger partial charge in [0.2, 0.25) is 0 Å². The van der Waals surface area contributed by atoms with Crippen molar-refractivity contribution in [3.8, 4) is 5.75 Å². The van der Waals surface area contributed by atoms with Gasteiger partial charge < -0.3 is 10.2 Å². The number of hydrazine groups is 1. The van der Waals surface area contributed by atoms with Crippen LogP contribution >= 0.6 is 0 Å². The number of nitrogens with zero attached hydrogens (tertiary/aromatic N) is 1. The van der Waals surface area contributed by atoms with Crippen molar-refractivity contribution in [2.24, 2.45) is 0 Å². The largest absolute Gasteiger partial charge is 0.495 e. The smallest absolute Gasteiger partial charge is 0.144 e. The lowest BCUT2D eigenvalue weighted by Gasteiger charge is -2.20. The highest BCUT2D eigenvalue weighted by Gasteiger charge is 2.10. The lowest BCUT2D eigenvalue weighted by Crippen LogP contribution is -2.29. The Morgan fingerprint density at radius 3 is 2.92 bits per heavy atom. The molecule has 0 spiro atoms. The predicted octanol–water partition coefficient (Wildman–Crippen LogP) is 1.53. The van der Waals surface area contributed by atoms with Crippen molar-refractivity contribution >= 4 is 5.69 Å². The van der Waals surface area contributed by atoms with Crippen LogP contribution < -0.4 is 15.2 Å². The molecule has 3 heteroatoms. The van der Waals surface area contributed by atoms with Crippen LogP contribution in [0.5, 0.6) is 5.75 Å². The van der Waals surface area contributed by atoms with E-state index in [4.69, 9.17) is 4.74 Å². The third-order valence-corrected chi connectivity index (χ3v) is 2.01. The summed E-state index contributed by atoms with van der Waals surface area (Å²) < 4.78 is 5.25. The minimum Gasteiger partial charge on any atom is -0.495 e. The first kappa shape index (κ1) is 7.98. The van der Waals surface area contributed by atoms with Crippen molar-refractivity contribution in [2.75, 3.05) is 18.7 Å². The van der Waals surface area contributed by atoms with E-state index in [-0.39, 0.29) is 0 Å². The number of para-hydroxylation sites is 2. The molecule has 1 aliphatic heterocycles. The van der Waals surface area contributed by atoms with Crippen molar-refractivity contribution in [1.82, 2.24) is 5.43 Å². The molecule has 0 saturated heterocycles. The third-order valence-electron chi connectivity index (χ3n) is 2.01. The van der Waals surface area contributed by atoms with Crippen molar-refractivity contribution in [2.45, 2.75) is 0 Å². The molecular weight excluding hydrogens is 164 g/mol. The van der Waals surface area contributed by atoms with E-state index in [0.717, 1.165) is 18.0 Å². The van der Waals surface area contributed by atoms with Gasteiger partial charge in [-0.25, -0.2) is 0 Å². The Bertz CT molecular complexity index is 314. The Morgan fingerprint density at radius 2 is 2.23 bits per heavy atom. The summed E-state index contributed by atoms with van der Waals surface area (Å²) in [5, 5.41) is 2.03. The molecule has 1 aromatic carbocycles. The molecule has 0 atom stereocenters. The molecule has 13 heavy (non-hydrogen) atoms. The number of rotatable bonds is 2. The van der Waals surface area contributed by atoms with Crippen LogP contribution in [0, 0.1) is 0 Å². The zero-order valence-electron chi connectivity index (χ0n) is 7.53. The summed E-state index contributed by atoms with van der Waals surface area (Å²) in [5.41, 5.74) is 4.19. The number of anilines is 1. The fraction of sp³-hybridized carbons (Fsp3) is 0.200. The number of hydrogen-bond acceptors (Lipinski definition) is 3. The van der Waals surface area contributed by atoms with Crippen LogP contribution in [0.3, 0.4) is 0 Å². The van der Waals surface area contributed by atoms with Gasteiger partial charge in [0.05, 0.1) is 19.3 Å². The molecule has 0 aliphatic carbocycles. The molecule has 1 N–H and O–H groups in total. The summed E-state index contributed by atoms with van der Waals surface area (Å²) in [6.45, 7) is 0.875. The molecule has 1 aromatic rings. The highest BCUT2D eigenvalue weighted by atomic mass is 16.5. The molecule has 0 unspecified atom stereocenters. The van der Waals surface area contributed by atoms with E-state index in [0.29, 0.717) is 0 Å². The Balaban J connectivity index is 2.27. The van der Waals surface area contributed by atoms with Gasteiger partial charge in [-0.3, -0.25) is 5.01 Å². The van der Waals surface area contributed by atoms with Crippen LogP contribution in [0.2, 0.25) is 0 Å². The molecule has 0 aromatic heterocycles. The van der Waals surface area contributed by atoms with Crippen LogP contribution in [0.1, 0.15) is 0 Å². The summed E-state index contributed by atoms with van der Waals surface area (Å²) in [7, 11) is 1.68. The van der Waals surface area contributed by atoms with Crippen LogP contribution in [0.4, 0.5) is 5.69 Å². The topological polar surface area (TPSA) is 24.5 Å². The summed E-state index contributed by atoms with van der Waals surface area (Å²) in [6.07, 6.45) is 3.98. The van der Waals surface area contributed by atoms with Gasteiger partial charge in [-0.2, -0.15) is 0 Å². The van der Waals surface area contributed by atoms with E-state index in [1.807, 2.05) is 35.5 Å². The fourth-order valence-corrected chi connectivity index (χ4v) is 1.37. The minimum absolute atomic E-state index is 0.875. The Labute approximate surface area is 77.6 Å². The van der Waals surface area contributed by atoms with E-state index in [2.05, 4.69) is 11.5 Å². The van der Waals surface area contributed by atoms with E-state index in [1.165, 1.54) is 0 Å². The van der Waals surface area contributed by atoms with Crippen LogP contribution in [-0.2, 0) is 0 Å². The molecule has 2 rings (SSSR count). The first-order chi connectivity index (χ1) is 6.42. The molecule has 0 fully saturated rings. The average Bonchev–Trinajstić information content (AvgIpc) is 2.70. The Morgan fingerprint density at radius 1 is 1.38 bits per heavy atom. The van der Waals surface area contributed by atoms with Gasteiger partial charge in [0.1, 0.15) is 5.75 Å². The van der Waals surface area contributed by atoms with E-state index in [1.54, 1.807) is 7.11 Å². The first-order valence-corrected chi connectivity index (χ1v) is 4.23. The maximum atomic E-state index is 5.25. The number of nitrogens with one attached hydrogen (secondary N) is 1. The molecule has 0 bridgehead atoms. The average molecular weight is 176 g/mol. The Kier molecular flexibility index (Phi) is 2.08. The highest BCUT2D eigenvalue weighted by Crippen LogP contribution is 2.26. The van der Waals surface area contributed by atoms with Gasteiger partial charge in [0.25, 0.3) is 0 Å². The lowest BCUT2D eigenvalue weighted by atomic mass is 10.3. The second kappa shape index (κ2) is 3.39. The van der Waals surface area contributed by atoms with Crippen LogP contribution in [-0.4, -0.2) is 13.7 Å². The standard InChI is InChI=1S/C10H12N2O/c1-13-10-6-3-2-5-9(10)12-8-4-7-11-12/h2-7,11H,8H2,1H3. The van der Waals surface area contributed by atoms with Crippen molar-refractivity contribution in [3.63, 3.8) is 0 Å². The summed E-state index contributed by atoms with van der Waals surface area (Å²) >= 11 is 0. The van der Waals surface area contributed by atoms with Gasteiger partial charge in [0, 0.05) is 6.20 Å². The summed E-state index contributed by atoms with van der Waals surface area (Å²) in [4.78, 5) is 0. The molecule has 0 radical (unpaired) electrons. The molecule has 1 aliphatic rings. The molecule has 0 saturated carbocycles. The van der Waals surface area contributed by atoms with E-state index >= 15 is 0 Å². The molecule has 0 amide bonds. The highest BCUT2D eigenvalue weighted by molar-refractivity contribution is 5.58. The SMILES string of the molecule is COc1ccccc1N1CC=CN1. The van der Waals surface area contributed by atoms with Crippen LogP contribution in [0.15, 0.2) is 36.5 Å². The van der Waals surface area contributed by atoms with E-state index < -0.39 is 0 Å². The van der Waals surface area contributed by atoms with Crippen molar-refractivity contribution in [1.29, 1.82) is 0 Å². The van der Waals surface area contributed by atoms with Gasteiger partial charge in [-0.05, 0) is 18.2 Å². The maximum Gasteiger partial charge on any atom is 0.144 e. The van der Waals surface area contributed by atoms with Gasteiger partial charge in [-0.1, -0.05) is 12.1 Å². The minimum atomic E-state index is 0.875. The first-order valence-electron chi connectivity index (χ1n) is 4.23. The van der Waals surface area contributed by atoms with E-state index in [9.17, 15) is 0 Å². The third kappa shape index (κ3) is 1.45. The maximum absolute atomic E-state index is 5.25. The molecule has 68 valence electrons. The second-order valence-corrected chi connectivity index (χ2v) is 2.81. The predicted molar refractivity (Wildman–Crippen MR) is 52.6 cm³/mol. The lowest BCUT2D eigenvalue weighted by molar-refractivity contribution is 0.414. The quantitative estimate of drug-likeness (QED) is 0.739. The number of ether oxygens (including phenoxy) is 1. The molecular formula is C10H12N2O. The van der Waals surface area contributed by atoms with Gasteiger partial charge in [-0.15, -0.1) is 0 Å². The molecule has 1 heterocycles. The normalized spacial score (nSPS) is 14.4. The number of hydrogen-bond donors (Lipinski definition) is 1. The Hall–Kier alpha value is -1.64. The van der Waals surface area contributed by atoms with Gasteiger partial charge in [0.15, 0.2) is 0 Å². The molecule has 3 nitrogen and oxygen atoms in total.